The average Bonchev–Trinajstić information content (AvgIpc) is 2.83. The molecule has 0 radical (unpaired) electrons. The monoisotopic (exact) mass is 289 g/mol. The molecule has 0 atom stereocenters. The number of benzene rings is 1. The average molecular weight is 289 g/mol. The molecule has 0 saturated heterocycles. The summed E-state index contributed by atoms with van der Waals surface area (Å²) in [5.74, 6) is 1.69. The summed E-state index contributed by atoms with van der Waals surface area (Å²) in [5.41, 5.74) is 1.22. The molecule has 0 aliphatic rings. The highest BCUT2D eigenvalue weighted by Crippen LogP contribution is 2.12. The highest BCUT2D eigenvalue weighted by atomic mass is 16.5. The van der Waals surface area contributed by atoms with Crippen molar-refractivity contribution in [1.29, 1.82) is 0 Å². The minimum atomic E-state index is 0.0366. The van der Waals surface area contributed by atoms with Gasteiger partial charge in [-0.05, 0) is 55.8 Å². The molecule has 0 fully saturated rings. The summed E-state index contributed by atoms with van der Waals surface area (Å²) in [6, 6.07) is 8.00. The van der Waals surface area contributed by atoms with E-state index in [9.17, 15) is 0 Å². The largest absolute Gasteiger partial charge is 0.492 e. The smallest absolute Gasteiger partial charge is 0.165 e. The summed E-state index contributed by atoms with van der Waals surface area (Å²) >= 11 is 0. The summed E-state index contributed by atoms with van der Waals surface area (Å²) in [6.45, 7) is 10.2. The normalized spacial score (nSPS) is 11.6. The fraction of sp³-hybridized carbons (Fsp3) is 0.533. The van der Waals surface area contributed by atoms with Crippen molar-refractivity contribution in [2.45, 2.75) is 46.3 Å². The number of rotatable bonds is 6. The zero-order valence-electron chi connectivity index (χ0n) is 13.1. The zero-order chi connectivity index (χ0) is 15.3. The lowest BCUT2D eigenvalue weighted by molar-refractivity contribution is 0.285. The fourth-order valence-corrected chi connectivity index (χ4v) is 1.82. The van der Waals surface area contributed by atoms with Crippen LogP contribution in [0.5, 0.6) is 5.75 Å². The van der Waals surface area contributed by atoms with Crippen molar-refractivity contribution in [2.24, 2.45) is 0 Å². The lowest BCUT2D eigenvalue weighted by Crippen LogP contribution is -2.36. The SMILES string of the molecule is Cc1cccc(OCCn2nnnc2CNC(C)(C)C)c1. The van der Waals surface area contributed by atoms with Crippen LogP contribution in [-0.2, 0) is 13.1 Å². The van der Waals surface area contributed by atoms with Gasteiger partial charge in [0.05, 0.1) is 13.1 Å². The van der Waals surface area contributed by atoms with Gasteiger partial charge in [0.15, 0.2) is 5.82 Å². The molecule has 0 aliphatic heterocycles. The Hall–Kier alpha value is -1.95. The van der Waals surface area contributed by atoms with Crippen LogP contribution in [0.1, 0.15) is 32.2 Å². The van der Waals surface area contributed by atoms with E-state index in [2.05, 4.69) is 41.6 Å². The molecule has 6 heteroatoms. The van der Waals surface area contributed by atoms with Crippen molar-refractivity contribution in [2.75, 3.05) is 6.61 Å². The summed E-state index contributed by atoms with van der Waals surface area (Å²) < 4.78 is 7.50. The molecule has 0 saturated carbocycles. The Kier molecular flexibility index (Phi) is 4.90. The number of hydrogen-bond acceptors (Lipinski definition) is 5. The highest BCUT2D eigenvalue weighted by Gasteiger charge is 2.12. The first-order chi connectivity index (χ1) is 9.94. The Morgan fingerprint density at radius 1 is 1.29 bits per heavy atom. The third-order valence-corrected chi connectivity index (χ3v) is 2.94. The van der Waals surface area contributed by atoms with Crippen LogP contribution in [0, 0.1) is 6.92 Å². The molecular weight excluding hydrogens is 266 g/mol. The molecule has 0 unspecified atom stereocenters. The molecule has 1 heterocycles. The van der Waals surface area contributed by atoms with E-state index in [1.54, 1.807) is 4.68 Å². The maximum Gasteiger partial charge on any atom is 0.165 e. The van der Waals surface area contributed by atoms with Gasteiger partial charge in [0.1, 0.15) is 12.4 Å². The predicted octanol–water partition coefficient (Wildman–Crippen LogP) is 1.95. The molecule has 0 bridgehead atoms. The summed E-state index contributed by atoms with van der Waals surface area (Å²) in [6.07, 6.45) is 0. The number of tetrazole rings is 1. The number of aromatic nitrogens is 4. The van der Waals surface area contributed by atoms with Crippen LogP contribution in [-0.4, -0.2) is 32.4 Å². The van der Waals surface area contributed by atoms with Crippen molar-refractivity contribution in [1.82, 2.24) is 25.5 Å². The van der Waals surface area contributed by atoms with Crippen LogP contribution in [0.4, 0.5) is 0 Å². The zero-order valence-corrected chi connectivity index (χ0v) is 13.1. The third-order valence-electron chi connectivity index (χ3n) is 2.94. The summed E-state index contributed by atoms with van der Waals surface area (Å²) in [7, 11) is 0. The second-order valence-electron chi connectivity index (χ2n) is 6.09. The van der Waals surface area contributed by atoms with E-state index in [0.29, 0.717) is 19.7 Å². The molecule has 0 amide bonds. The maximum absolute atomic E-state index is 5.72. The van der Waals surface area contributed by atoms with Crippen LogP contribution in [0.25, 0.3) is 0 Å². The van der Waals surface area contributed by atoms with E-state index < -0.39 is 0 Å². The van der Waals surface area contributed by atoms with Gasteiger partial charge in [-0.25, -0.2) is 4.68 Å². The van der Waals surface area contributed by atoms with Gasteiger partial charge in [0.2, 0.25) is 0 Å². The highest BCUT2D eigenvalue weighted by molar-refractivity contribution is 5.27. The first-order valence-electron chi connectivity index (χ1n) is 7.13. The van der Waals surface area contributed by atoms with Gasteiger partial charge >= 0.3 is 0 Å². The van der Waals surface area contributed by atoms with Crippen molar-refractivity contribution in [3.63, 3.8) is 0 Å². The predicted molar refractivity (Wildman–Crippen MR) is 81.1 cm³/mol. The van der Waals surface area contributed by atoms with Crippen LogP contribution in [0.3, 0.4) is 0 Å². The van der Waals surface area contributed by atoms with Crippen LogP contribution >= 0.6 is 0 Å². The van der Waals surface area contributed by atoms with Crippen molar-refractivity contribution < 1.29 is 4.74 Å². The molecule has 1 N–H and O–H groups in total. The molecule has 2 aromatic rings. The van der Waals surface area contributed by atoms with Crippen molar-refractivity contribution in [3.05, 3.63) is 35.7 Å². The van der Waals surface area contributed by atoms with Gasteiger partial charge in [0.25, 0.3) is 0 Å². The molecule has 2 rings (SSSR count). The lowest BCUT2D eigenvalue weighted by Gasteiger charge is -2.19. The maximum atomic E-state index is 5.72. The first kappa shape index (κ1) is 15.4. The van der Waals surface area contributed by atoms with Crippen LogP contribution < -0.4 is 10.1 Å². The molecule has 1 aromatic heterocycles. The second kappa shape index (κ2) is 6.67. The van der Waals surface area contributed by atoms with E-state index in [1.165, 1.54) is 5.56 Å². The van der Waals surface area contributed by atoms with E-state index in [4.69, 9.17) is 4.74 Å². The Bertz CT molecular complexity index is 573. The Morgan fingerprint density at radius 2 is 2.10 bits per heavy atom. The van der Waals surface area contributed by atoms with Crippen molar-refractivity contribution >= 4 is 0 Å². The second-order valence-corrected chi connectivity index (χ2v) is 6.09. The number of nitrogens with one attached hydrogen (secondary N) is 1. The van der Waals surface area contributed by atoms with Gasteiger partial charge in [0, 0.05) is 5.54 Å². The quantitative estimate of drug-likeness (QED) is 0.880. The molecule has 114 valence electrons. The van der Waals surface area contributed by atoms with Gasteiger partial charge in [-0.15, -0.1) is 5.10 Å². The minimum Gasteiger partial charge on any atom is -0.492 e. The summed E-state index contributed by atoms with van der Waals surface area (Å²) in [5, 5.41) is 15.2. The Morgan fingerprint density at radius 3 is 2.81 bits per heavy atom. The molecule has 6 nitrogen and oxygen atoms in total. The number of nitrogens with zero attached hydrogens (tertiary/aromatic N) is 4. The van der Waals surface area contributed by atoms with E-state index in [-0.39, 0.29) is 5.54 Å². The van der Waals surface area contributed by atoms with Crippen LogP contribution in [0.15, 0.2) is 24.3 Å². The lowest BCUT2D eigenvalue weighted by atomic mass is 10.1. The van der Waals surface area contributed by atoms with Crippen molar-refractivity contribution in [3.8, 4) is 5.75 Å². The molecule has 1 aromatic carbocycles. The van der Waals surface area contributed by atoms with E-state index in [1.807, 2.05) is 31.2 Å². The van der Waals surface area contributed by atoms with Gasteiger partial charge in [-0.2, -0.15) is 0 Å². The molecule has 21 heavy (non-hydrogen) atoms. The summed E-state index contributed by atoms with van der Waals surface area (Å²) in [4.78, 5) is 0. The van der Waals surface area contributed by atoms with Crippen LogP contribution in [0.2, 0.25) is 0 Å². The Balaban J connectivity index is 1.85. The minimum absolute atomic E-state index is 0.0366. The number of aryl methyl sites for hydroxylation is 1. The van der Waals surface area contributed by atoms with E-state index >= 15 is 0 Å². The number of hydrogen-bond donors (Lipinski definition) is 1. The van der Waals surface area contributed by atoms with Gasteiger partial charge in [-0.1, -0.05) is 12.1 Å². The third kappa shape index (κ3) is 5.15. The molecule has 0 aliphatic carbocycles. The first-order valence-corrected chi connectivity index (χ1v) is 7.13. The Labute approximate surface area is 125 Å². The van der Waals surface area contributed by atoms with Gasteiger partial charge < -0.3 is 10.1 Å². The fourth-order valence-electron chi connectivity index (χ4n) is 1.82. The molecular formula is C15H23N5O. The van der Waals surface area contributed by atoms with E-state index in [0.717, 1.165) is 11.6 Å². The standard InChI is InChI=1S/C15H23N5O/c1-12-6-5-7-13(10-12)21-9-8-20-14(17-18-19-20)11-16-15(2,3)4/h5-7,10,16H,8-9,11H2,1-4H3. The topological polar surface area (TPSA) is 64.9 Å². The number of ether oxygens (including phenoxy) is 1. The van der Waals surface area contributed by atoms with Gasteiger partial charge in [-0.3, -0.25) is 0 Å². The molecule has 0 spiro atoms.